The van der Waals surface area contributed by atoms with Gasteiger partial charge < -0.3 is 11.5 Å². The third-order valence-electron chi connectivity index (χ3n) is 5.24. The molecule has 0 aliphatic heterocycles. The average molecular weight is 614 g/mol. The van der Waals surface area contributed by atoms with E-state index in [-0.39, 0.29) is 40.1 Å². The average Bonchev–Trinajstić information content (AvgIpc) is 3.50. The summed E-state index contributed by atoms with van der Waals surface area (Å²) < 4.78 is 42.5. The molecule has 0 fully saturated rings. The number of halogens is 6. The number of nitrogens with zero attached hydrogens (tertiary/aromatic N) is 8. The Kier molecular flexibility index (Phi) is 6.41. The Labute approximate surface area is 223 Å². The smallest absolute Gasteiger partial charge is 0.368 e. The predicted octanol–water partition coefficient (Wildman–Crippen LogP) is 4.98. The van der Waals surface area contributed by atoms with E-state index in [9.17, 15) is 13.2 Å². The Bertz CT molecular complexity index is 1800. The number of hydrogen-bond acceptors (Lipinski definition) is 8. The first-order chi connectivity index (χ1) is 17.6. The van der Waals surface area contributed by atoms with E-state index in [1.54, 1.807) is 0 Å². The molecule has 6 aromatic rings. The molecular weight excluding hydrogens is 600 g/mol. The quantitative estimate of drug-likeness (QED) is 0.261. The molecule has 0 atom stereocenters. The minimum atomic E-state index is -4.52. The van der Waals surface area contributed by atoms with Gasteiger partial charge in [0.15, 0.2) is 22.9 Å². The number of aromatic nitrogens is 8. The van der Waals surface area contributed by atoms with Gasteiger partial charge in [-0.3, -0.25) is 0 Å². The van der Waals surface area contributed by atoms with Gasteiger partial charge in [-0.2, -0.15) is 22.2 Å². The van der Waals surface area contributed by atoms with E-state index >= 15 is 0 Å². The van der Waals surface area contributed by atoms with Crippen molar-refractivity contribution >= 4 is 84.1 Å². The highest BCUT2D eigenvalue weighted by molar-refractivity contribution is 9.10. The van der Waals surface area contributed by atoms with Crippen molar-refractivity contribution in [2.45, 2.75) is 17.9 Å². The van der Waals surface area contributed by atoms with Crippen molar-refractivity contribution in [3.8, 4) is 0 Å². The third-order valence-corrected chi connectivity index (χ3v) is 6.36. The largest absolute Gasteiger partial charge is 0.418 e. The van der Waals surface area contributed by atoms with Crippen molar-refractivity contribution in [3.05, 3.63) is 58.1 Å². The van der Waals surface area contributed by atoms with E-state index in [2.05, 4.69) is 46.1 Å². The molecule has 16 heteroatoms. The summed E-state index contributed by atoms with van der Waals surface area (Å²) in [4.78, 5) is 16.5. The number of benzene rings is 2. The summed E-state index contributed by atoms with van der Waals surface area (Å²) in [6.07, 6.45) is -4.52. The van der Waals surface area contributed by atoms with Crippen molar-refractivity contribution in [1.82, 2.24) is 39.2 Å². The van der Waals surface area contributed by atoms with Gasteiger partial charge in [0.1, 0.15) is 0 Å². The van der Waals surface area contributed by atoms with E-state index < -0.39 is 11.7 Å². The van der Waals surface area contributed by atoms with Crippen LogP contribution < -0.4 is 11.5 Å². The van der Waals surface area contributed by atoms with Crippen molar-refractivity contribution in [2.75, 3.05) is 11.5 Å². The molecule has 6 rings (SSSR count). The van der Waals surface area contributed by atoms with Crippen LogP contribution in [0.5, 0.6) is 0 Å². The maximum Gasteiger partial charge on any atom is 0.418 e. The summed E-state index contributed by atoms with van der Waals surface area (Å²) in [5.41, 5.74) is 12.0. The summed E-state index contributed by atoms with van der Waals surface area (Å²) in [5.74, 6) is 1.20. The lowest BCUT2D eigenvalue weighted by atomic mass is 10.1. The molecule has 190 valence electrons. The fourth-order valence-corrected chi connectivity index (χ4v) is 4.38. The van der Waals surface area contributed by atoms with Crippen LogP contribution in [-0.4, -0.2) is 39.2 Å². The first-order valence-electron chi connectivity index (χ1n) is 10.3. The van der Waals surface area contributed by atoms with Crippen LogP contribution in [0.3, 0.4) is 0 Å². The fourth-order valence-electron chi connectivity index (χ4n) is 3.70. The number of fused-ring (bicyclic) bond motifs is 6. The van der Waals surface area contributed by atoms with E-state index in [1.807, 2.05) is 18.2 Å². The van der Waals surface area contributed by atoms with Crippen LogP contribution >= 0.6 is 39.1 Å². The summed E-state index contributed by atoms with van der Waals surface area (Å²) >= 11 is 14.8. The Morgan fingerprint density at radius 1 is 0.757 bits per heavy atom. The van der Waals surface area contributed by atoms with Gasteiger partial charge in [-0.05, 0) is 40.2 Å². The number of nitrogen functional groups attached to an aromatic ring is 2. The summed E-state index contributed by atoms with van der Waals surface area (Å²) in [7, 11) is 0. The molecule has 0 aliphatic rings. The lowest BCUT2D eigenvalue weighted by Crippen LogP contribution is -2.09. The lowest BCUT2D eigenvalue weighted by Gasteiger charge is -2.10. The van der Waals surface area contributed by atoms with Crippen LogP contribution in [0.25, 0.3) is 33.1 Å². The Morgan fingerprint density at radius 3 is 1.76 bits per heavy atom. The molecule has 0 unspecified atom stereocenters. The number of alkyl halides is 5. The maximum absolute atomic E-state index is 13.0. The first-order valence-corrected chi connectivity index (χ1v) is 12.2. The molecule has 0 radical (unpaired) electrons. The number of anilines is 2. The van der Waals surface area contributed by atoms with E-state index in [0.29, 0.717) is 17.4 Å². The van der Waals surface area contributed by atoms with Gasteiger partial charge in [0.25, 0.3) is 0 Å². The number of rotatable bonds is 2. The van der Waals surface area contributed by atoms with Gasteiger partial charge >= 0.3 is 6.18 Å². The highest BCUT2D eigenvalue weighted by Crippen LogP contribution is 2.35. The van der Waals surface area contributed by atoms with Crippen LogP contribution in [0.4, 0.5) is 25.1 Å². The lowest BCUT2D eigenvalue weighted by molar-refractivity contribution is -0.136. The molecule has 0 amide bonds. The van der Waals surface area contributed by atoms with Gasteiger partial charge in [0.2, 0.25) is 11.9 Å². The molecule has 4 heterocycles. The highest BCUT2D eigenvalue weighted by Gasteiger charge is 2.34. The van der Waals surface area contributed by atoms with Crippen LogP contribution in [0.1, 0.15) is 17.2 Å². The summed E-state index contributed by atoms with van der Waals surface area (Å²) in [6, 6.07) is 9.47. The number of hydrogen-bond donors (Lipinski definition) is 2. The molecule has 4 aromatic heterocycles. The number of para-hydroxylation sites is 2. The van der Waals surface area contributed by atoms with Gasteiger partial charge in [-0.1, -0.05) is 12.1 Å². The van der Waals surface area contributed by atoms with Gasteiger partial charge in [-0.25, -0.2) is 19.9 Å². The molecular formula is C21H14BrCl2F3N10. The van der Waals surface area contributed by atoms with Gasteiger partial charge in [0.05, 0.1) is 28.4 Å². The zero-order chi connectivity index (χ0) is 26.5. The van der Waals surface area contributed by atoms with Crippen molar-refractivity contribution in [3.63, 3.8) is 0 Å². The van der Waals surface area contributed by atoms with Crippen LogP contribution in [0.2, 0.25) is 0 Å². The molecule has 2 aromatic carbocycles. The molecule has 0 saturated heterocycles. The predicted molar refractivity (Wildman–Crippen MR) is 137 cm³/mol. The Hall–Kier alpha value is -3.49. The van der Waals surface area contributed by atoms with E-state index in [0.717, 1.165) is 21.4 Å². The fraction of sp³-hybridized carbons (Fsp3) is 0.143. The van der Waals surface area contributed by atoms with Crippen LogP contribution in [0, 0.1) is 0 Å². The van der Waals surface area contributed by atoms with Crippen molar-refractivity contribution in [1.29, 1.82) is 0 Å². The minimum Gasteiger partial charge on any atom is -0.368 e. The molecule has 0 aliphatic carbocycles. The van der Waals surface area contributed by atoms with Gasteiger partial charge in [-0.15, -0.1) is 33.4 Å². The zero-order valence-electron chi connectivity index (χ0n) is 18.4. The topological polar surface area (TPSA) is 138 Å². The molecule has 0 spiro atoms. The van der Waals surface area contributed by atoms with Crippen molar-refractivity contribution < 1.29 is 13.2 Å². The van der Waals surface area contributed by atoms with Gasteiger partial charge in [0, 0.05) is 15.2 Å². The second-order valence-corrected chi connectivity index (χ2v) is 8.96. The molecule has 10 nitrogen and oxygen atoms in total. The second-order valence-electron chi connectivity index (χ2n) is 7.57. The SMILES string of the molecule is Nc1nc2c(Br)cccc2c2nc(CCl)nn12.Nc1nc2c(C(F)(F)F)cccc2c2nc(CCl)nn12. The van der Waals surface area contributed by atoms with Crippen LogP contribution in [0.15, 0.2) is 40.9 Å². The molecule has 4 N–H and O–H groups in total. The molecule has 0 saturated carbocycles. The van der Waals surface area contributed by atoms with E-state index in [4.69, 9.17) is 34.7 Å². The first kappa shape index (κ1) is 25.2. The highest BCUT2D eigenvalue weighted by atomic mass is 79.9. The second kappa shape index (κ2) is 9.43. The normalized spacial score (nSPS) is 11.9. The Balaban J connectivity index is 0.000000153. The van der Waals surface area contributed by atoms with E-state index in [1.165, 1.54) is 21.2 Å². The standard InChI is InChI=1S/C11H7ClF3N5.C10H7BrClN5/c12-4-7-17-9-5-2-1-3-6(11(13,14)15)8(5)18-10(16)20(9)19-7;11-6-3-1-2-5-8(6)15-10(13)17-9(5)14-7(4-12)16-17/h1-3H,4H2,(H2,16,18);1-3H,4H2,(H2,13,15). The maximum atomic E-state index is 13.0. The molecule has 37 heavy (non-hydrogen) atoms. The third kappa shape index (κ3) is 4.45. The summed E-state index contributed by atoms with van der Waals surface area (Å²) in [5, 5.41) is 9.27. The van der Waals surface area contributed by atoms with Crippen LogP contribution in [-0.2, 0) is 17.9 Å². The number of nitrogens with two attached hydrogens (primary N) is 2. The van der Waals surface area contributed by atoms with Crippen molar-refractivity contribution in [2.24, 2.45) is 0 Å². The molecule has 0 bridgehead atoms. The summed E-state index contributed by atoms with van der Waals surface area (Å²) in [6.45, 7) is 0. The Morgan fingerprint density at radius 2 is 1.24 bits per heavy atom. The minimum absolute atomic E-state index is 0.0293. The monoisotopic (exact) mass is 612 g/mol. The zero-order valence-corrected chi connectivity index (χ0v) is 21.5.